The molecule has 0 spiro atoms. The lowest BCUT2D eigenvalue weighted by atomic mass is 9.50. The van der Waals surface area contributed by atoms with Gasteiger partial charge in [0, 0.05) is 36.9 Å². The third-order valence-electron chi connectivity index (χ3n) is 20.6. The summed E-state index contributed by atoms with van der Waals surface area (Å²) in [6.45, 7) is 13.7. The summed E-state index contributed by atoms with van der Waals surface area (Å²) >= 11 is 0. The number of carbonyl (C=O) groups is 2. The Hall–Kier alpha value is -9.67. The first-order valence-corrected chi connectivity index (χ1v) is 43.3. The van der Waals surface area contributed by atoms with E-state index in [9.17, 15) is 22.8 Å². The van der Waals surface area contributed by atoms with Crippen LogP contribution in [0.1, 0.15) is 78.8 Å². The smallest absolute Gasteiger partial charge is 0.416 e. The number of alkyl halides is 3. The normalized spacial score (nSPS) is 16.7. The SMILES string of the molecule is Cc1cc([S+](c2ccccc2)c2ccccc2)cc(C)c1OCC(=O)OCC(=O)OC1(C)C2CC3CC(C2)CC1C3.Cc1cc([S+](c2ccccc2)c2ccccc2)cc(C)c1OCCCN(C)C.Cc1cccc([S+](c2ccccc2)c2ccccc2)c1.FC(F)(F)c1cccc([S+](c2ccccc2)c2ccccc2)c1. The van der Waals surface area contributed by atoms with E-state index < -0.39 is 40.2 Å². The molecule has 16 rings (SSSR count). The van der Waals surface area contributed by atoms with Gasteiger partial charge in [-0.15, -0.1) is 0 Å². The number of esters is 2. The van der Waals surface area contributed by atoms with Crippen molar-refractivity contribution in [2.45, 2.75) is 151 Å². The zero-order valence-corrected chi connectivity index (χ0v) is 68.3. The zero-order valence-electron chi connectivity index (χ0n) is 65.1. The number of halogens is 3. The molecule has 0 N–H and O–H groups in total. The lowest BCUT2D eigenvalue weighted by molar-refractivity contribution is -0.207. The minimum Gasteiger partial charge on any atom is -0.493 e. The summed E-state index contributed by atoms with van der Waals surface area (Å²) in [5, 5.41) is 0. The Kier molecular flexibility index (Phi) is 28.6. The minimum atomic E-state index is -4.33. The van der Waals surface area contributed by atoms with Crippen molar-refractivity contribution in [2.75, 3.05) is 40.5 Å². The molecule has 4 aliphatic rings. The third kappa shape index (κ3) is 21.5. The highest BCUT2D eigenvalue weighted by molar-refractivity contribution is 7.98. The van der Waals surface area contributed by atoms with Crippen molar-refractivity contribution in [3.05, 3.63) is 349 Å². The van der Waals surface area contributed by atoms with E-state index in [4.69, 9.17) is 18.9 Å². The van der Waals surface area contributed by atoms with Gasteiger partial charge >= 0.3 is 18.1 Å². The Morgan fingerprint density at radius 1 is 0.375 bits per heavy atom. The molecule has 4 saturated carbocycles. The number of benzene rings is 12. The number of nitrogens with zero attached hydrogens (tertiary/aromatic N) is 1. The maximum absolute atomic E-state index is 13.0. The molecule has 4 bridgehead atoms. The van der Waals surface area contributed by atoms with Crippen molar-refractivity contribution in [2.24, 2.45) is 23.7 Å². The predicted octanol–water partition coefficient (Wildman–Crippen LogP) is 23.7. The summed E-state index contributed by atoms with van der Waals surface area (Å²) < 4.78 is 62.5. The molecule has 14 heteroatoms. The van der Waals surface area contributed by atoms with Gasteiger partial charge in [-0.1, -0.05) is 164 Å². The van der Waals surface area contributed by atoms with Gasteiger partial charge in [-0.25, -0.2) is 9.59 Å². The molecule has 574 valence electrons. The molecule has 112 heavy (non-hydrogen) atoms. The summed E-state index contributed by atoms with van der Waals surface area (Å²) in [7, 11) is 3.22. The Bertz CT molecular complexity index is 4740. The monoisotopic (exact) mass is 1570 g/mol. The number of hydrogen-bond donors (Lipinski definition) is 0. The Morgan fingerprint density at radius 2 is 0.688 bits per heavy atom. The van der Waals surface area contributed by atoms with Gasteiger partial charge in [-0.2, -0.15) is 13.2 Å². The van der Waals surface area contributed by atoms with Crippen LogP contribution in [-0.4, -0.2) is 62.9 Å². The summed E-state index contributed by atoms with van der Waals surface area (Å²) in [4.78, 5) is 41.9. The molecule has 0 unspecified atom stereocenters. The van der Waals surface area contributed by atoms with Gasteiger partial charge in [0.25, 0.3) is 0 Å². The summed E-state index contributed by atoms with van der Waals surface area (Å²) in [5.74, 6) is 3.12. The average Bonchev–Trinajstić information content (AvgIpc) is 0.733. The Morgan fingerprint density at radius 3 is 1.02 bits per heavy atom. The molecule has 4 aliphatic carbocycles. The van der Waals surface area contributed by atoms with Gasteiger partial charge in [0.2, 0.25) is 0 Å². The van der Waals surface area contributed by atoms with Crippen molar-refractivity contribution in [1.29, 1.82) is 0 Å². The van der Waals surface area contributed by atoms with E-state index in [1.54, 1.807) is 6.07 Å². The highest BCUT2D eigenvalue weighted by atomic mass is 32.2. The van der Waals surface area contributed by atoms with Gasteiger partial charge in [0.15, 0.2) is 72.0 Å². The number of ether oxygens (including phenoxy) is 4. The summed E-state index contributed by atoms with van der Waals surface area (Å²) in [6.07, 6.45) is 2.65. The number of rotatable bonds is 23. The lowest BCUT2D eigenvalue weighted by Gasteiger charge is -2.59. The van der Waals surface area contributed by atoms with E-state index in [0.29, 0.717) is 22.5 Å². The highest BCUT2D eigenvalue weighted by Gasteiger charge is 2.57. The van der Waals surface area contributed by atoms with Gasteiger partial charge in [0.1, 0.15) is 17.1 Å². The summed E-state index contributed by atoms with van der Waals surface area (Å²) in [5.41, 5.74) is 4.60. The molecule has 4 fully saturated rings. The maximum Gasteiger partial charge on any atom is 0.416 e. The number of aryl methyl sites for hydroxylation is 5. The van der Waals surface area contributed by atoms with Crippen molar-refractivity contribution in [1.82, 2.24) is 4.90 Å². The van der Waals surface area contributed by atoms with Crippen LogP contribution < -0.4 is 9.47 Å². The van der Waals surface area contributed by atoms with Crippen molar-refractivity contribution >= 4 is 55.5 Å². The third-order valence-corrected chi connectivity index (χ3v) is 29.4. The fourth-order valence-corrected chi connectivity index (χ4v) is 24.4. The molecule has 0 aliphatic heterocycles. The molecule has 12 aromatic rings. The van der Waals surface area contributed by atoms with Crippen molar-refractivity contribution in [3.8, 4) is 11.5 Å². The maximum atomic E-state index is 13.0. The van der Waals surface area contributed by atoms with E-state index in [2.05, 4.69) is 265 Å². The first-order valence-electron chi connectivity index (χ1n) is 38.4. The molecule has 0 radical (unpaired) electrons. The van der Waals surface area contributed by atoms with Crippen LogP contribution in [0.5, 0.6) is 11.5 Å². The minimum absolute atomic E-state index is 0.0249. The van der Waals surface area contributed by atoms with E-state index in [-0.39, 0.29) is 45.9 Å². The predicted molar refractivity (Wildman–Crippen MR) is 451 cm³/mol. The van der Waals surface area contributed by atoms with E-state index >= 15 is 0 Å². The largest absolute Gasteiger partial charge is 0.493 e. The first-order chi connectivity index (χ1) is 54.3. The second-order valence-electron chi connectivity index (χ2n) is 29.3. The molecular formula is C98H100F3NO6S4+4. The van der Waals surface area contributed by atoms with Crippen LogP contribution in [-0.2, 0) is 68.8 Å². The number of hydrogen-bond acceptors (Lipinski definition) is 7. The van der Waals surface area contributed by atoms with E-state index in [1.165, 1.54) is 79.3 Å². The molecule has 0 amide bonds. The van der Waals surface area contributed by atoms with Crippen LogP contribution in [0.3, 0.4) is 0 Å². The first kappa shape index (κ1) is 81.8. The van der Waals surface area contributed by atoms with Gasteiger partial charge < -0.3 is 23.8 Å². The second kappa shape index (κ2) is 39.2. The quantitative estimate of drug-likeness (QED) is 0.0359. The van der Waals surface area contributed by atoms with Gasteiger partial charge in [-0.3, -0.25) is 0 Å². The Labute approximate surface area is 672 Å². The van der Waals surface area contributed by atoms with Crippen LogP contribution in [0.2, 0.25) is 0 Å². The van der Waals surface area contributed by atoms with Crippen LogP contribution in [0.25, 0.3) is 0 Å². The zero-order chi connectivity index (χ0) is 78.6. The molecular weight excluding hydrogens is 1470 g/mol. The van der Waals surface area contributed by atoms with Gasteiger partial charge in [-0.05, 0) is 267 Å². The Balaban J connectivity index is 0.000000144. The molecule has 0 atom stereocenters. The van der Waals surface area contributed by atoms with Crippen molar-refractivity contribution in [3.63, 3.8) is 0 Å². The van der Waals surface area contributed by atoms with Gasteiger partial charge in [0.05, 0.1) is 55.8 Å². The fraction of sp³-hybridized carbons (Fsp3) is 0.245. The standard InChI is InChI=1S/C35H39O5S.C25H30NOS.C19H14F3S.C19H17S/c1-23-14-31(41(29-10-6-4-7-11-29)30-12-8-5-9-13-30)15-24(2)34(23)39-21-32(36)38-22-33(37)40-35(3)27-17-25-16-26(19-27)20-28(35)18-25;1-20-18-24(19-21(2)25(20)27-17-11-16-26(3)4)28(22-12-7-5-8-13-22)23-14-9-6-10-15-23;20-19(21,22)15-8-7-13-18(14-15)23(16-9-3-1-4-10-16)17-11-5-2-6-12-17;1-16-9-8-14-19(15-16)20(17-10-4-2-5-11-17)18-12-6-3-7-13-18/h4-15,25-28H,16-22H2,1-3H3;5-10,12-15,18-19H,11,16-17H2,1-4H3;1-14H;2-15H,1H3/q4*+1. The molecule has 0 aromatic heterocycles. The van der Waals surface area contributed by atoms with Crippen molar-refractivity contribution < 1.29 is 41.7 Å². The van der Waals surface area contributed by atoms with E-state index in [1.807, 2.05) is 86.6 Å². The lowest BCUT2D eigenvalue weighted by Crippen LogP contribution is -2.58. The topological polar surface area (TPSA) is 74.3 Å². The molecule has 0 saturated heterocycles. The van der Waals surface area contributed by atoms with Crippen LogP contribution in [0.4, 0.5) is 13.2 Å². The molecule has 7 nitrogen and oxygen atoms in total. The highest BCUT2D eigenvalue weighted by Crippen LogP contribution is 2.59. The average molecular weight is 1570 g/mol. The van der Waals surface area contributed by atoms with Crippen LogP contribution >= 0.6 is 0 Å². The van der Waals surface area contributed by atoms with E-state index in [0.717, 1.165) is 89.8 Å². The molecule has 12 aromatic carbocycles. The summed E-state index contributed by atoms with van der Waals surface area (Å²) in [6, 6.07) is 107. The fourth-order valence-electron chi connectivity index (χ4n) is 15.6. The van der Waals surface area contributed by atoms with Crippen LogP contribution in [0, 0.1) is 58.3 Å². The second-order valence-corrected chi connectivity index (χ2v) is 37.4. The molecule has 0 heterocycles. The van der Waals surface area contributed by atoms with Crippen LogP contribution in [0.15, 0.2) is 374 Å². The number of carbonyl (C=O) groups excluding carboxylic acids is 2.